The molecule has 1 fully saturated rings. The maximum Gasteiger partial charge on any atom is 0.0558 e. The zero-order chi connectivity index (χ0) is 8.10. The Hall–Kier alpha value is -0.120. The Labute approximate surface area is 68.4 Å². The lowest BCUT2D eigenvalue weighted by Gasteiger charge is -2.18. The van der Waals surface area contributed by atoms with Crippen LogP contribution in [0.25, 0.3) is 0 Å². The van der Waals surface area contributed by atoms with E-state index in [0.717, 1.165) is 32.1 Å². The van der Waals surface area contributed by atoms with Gasteiger partial charge in [0.15, 0.2) is 0 Å². The van der Waals surface area contributed by atoms with Crippen LogP contribution in [0.4, 0.5) is 0 Å². The van der Waals surface area contributed by atoms with Crippen LogP contribution >= 0.6 is 0 Å². The van der Waals surface area contributed by atoms with Crippen molar-refractivity contribution in [1.82, 2.24) is 10.2 Å². The van der Waals surface area contributed by atoms with Crippen LogP contribution in [0.5, 0.6) is 0 Å². The molecule has 0 unspecified atom stereocenters. The van der Waals surface area contributed by atoms with E-state index in [0.29, 0.717) is 0 Å². The first kappa shape index (κ1) is 8.97. The average molecular weight is 158 g/mol. The molecule has 1 aliphatic rings. The van der Waals surface area contributed by atoms with Gasteiger partial charge in [0.1, 0.15) is 0 Å². The van der Waals surface area contributed by atoms with Gasteiger partial charge in [-0.25, -0.2) is 0 Å². The third-order valence-corrected chi connectivity index (χ3v) is 2.21. The summed E-state index contributed by atoms with van der Waals surface area (Å²) in [5, 5.41) is 12.0. The first-order valence-corrected chi connectivity index (χ1v) is 4.33. The van der Waals surface area contributed by atoms with Gasteiger partial charge >= 0.3 is 0 Å². The highest BCUT2D eigenvalue weighted by atomic mass is 16.3. The fraction of sp³-hybridized carbons (Fsp3) is 1.00. The van der Waals surface area contributed by atoms with Crippen LogP contribution in [0, 0.1) is 5.92 Å². The molecule has 0 radical (unpaired) electrons. The van der Waals surface area contributed by atoms with E-state index in [1.165, 1.54) is 6.42 Å². The van der Waals surface area contributed by atoms with Crippen LogP contribution in [0.15, 0.2) is 0 Å². The van der Waals surface area contributed by atoms with Crippen molar-refractivity contribution < 1.29 is 5.11 Å². The summed E-state index contributed by atoms with van der Waals surface area (Å²) in [6, 6.07) is 0. The molecule has 1 atom stereocenters. The Morgan fingerprint density at radius 3 is 3.00 bits per heavy atom. The highest BCUT2D eigenvalue weighted by Gasteiger charge is 2.15. The van der Waals surface area contributed by atoms with E-state index in [2.05, 4.69) is 17.3 Å². The van der Waals surface area contributed by atoms with Gasteiger partial charge in [0.05, 0.1) is 6.61 Å². The van der Waals surface area contributed by atoms with E-state index in [4.69, 9.17) is 5.11 Å². The van der Waals surface area contributed by atoms with E-state index in [-0.39, 0.29) is 6.61 Å². The molecule has 0 aliphatic carbocycles. The molecule has 0 amide bonds. The smallest absolute Gasteiger partial charge is 0.0558 e. The minimum absolute atomic E-state index is 0.274. The number of aliphatic hydroxyl groups is 1. The van der Waals surface area contributed by atoms with Crippen LogP contribution in [-0.2, 0) is 0 Å². The second-order valence-electron chi connectivity index (χ2n) is 3.34. The topological polar surface area (TPSA) is 35.5 Å². The normalized spacial score (nSPS) is 24.8. The van der Waals surface area contributed by atoms with Crippen molar-refractivity contribution in [3.8, 4) is 0 Å². The summed E-state index contributed by atoms with van der Waals surface area (Å²) < 4.78 is 0. The quantitative estimate of drug-likeness (QED) is 0.580. The lowest BCUT2D eigenvalue weighted by Crippen LogP contribution is -2.29. The number of rotatable bonds is 4. The number of nitrogens with one attached hydrogen (secondary N) is 1. The number of aliphatic hydroxyl groups excluding tert-OH is 1. The molecule has 0 saturated carbocycles. The Morgan fingerprint density at radius 2 is 2.45 bits per heavy atom. The lowest BCUT2D eigenvalue weighted by molar-refractivity contribution is 0.205. The van der Waals surface area contributed by atoms with Gasteiger partial charge in [-0.3, -0.25) is 0 Å². The molecular weight excluding hydrogens is 140 g/mol. The summed E-state index contributed by atoms with van der Waals surface area (Å²) in [6.45, 7) is 4.51. The molecule has 0 aromatic rings. The van der Waals surface area contributed by atoms with Gasteiger partial charge in [0, 0.05) is 13.1 Å². The van der Waals surface area contributed by atoms with Crippen LogP contribution in [0.2, 0.25) is 0 Å². The van der Waals surface area contributed by atoms with E-state index < -0.39 is 0 Å². The standard InChI is InChI=1S/C8H18N2O/c1-10(4-5-11)7-8-2-3-9-6-8/h8-9,11H,2-7H2,1H3/t8-/m0/s1. The predicted molar refractivity (Wildman–Crippen MR) is 45.6 cm³/mol. The van der Waals surface area contributed by atoms with Gasteiger partial charge in [-0.05, 0) is 32.5 Å². The van der Waals surface area contributed by atoms with E-state index >= 15 is 0 Å². The van der Waals surface area contributed by atoms with Crippen molar-refractivity contribution in [3.05, 3.63) is 0 Å². The largest absolute Gasteiger partial charge is 0.395 e. The predicted octanol–water partition coefficient (Wildman–Crippen LogP) is -0.480. The summed E-state index contributed by atoms with van der Waals surface area (Å²) in [6.07, 6.45) is 1.29. The number of nitrogens with zero attached hydrogens (tertiary/aromatic N) is 1. The summed E-state index contributed by atoms with van der Waals surface area (Å²) in [5.41, 5.74) is 0. The van der Waals surface area contributed by atoms with Gasteiger partial charge in [-0.2, -0.15) is 0 Å². The molecule has 1 rings (SSSR count). The van der Waals surface area contributed by atoms with E-state index in [1.54, 1.807) is 0 Å². The Kier molecular flexibility index (Phi) is 3.83. The zero-order valence-electron chi connectivity index (χ0n) is 7.21. The SMILES string of the molecule is CN(CCO)C[C@H]1CCNC1. The van der Waals surface area contributed by atoms with Crippen LogP contribution in [-0.4, -0.2) is 49.8 Å². The van der Waals surface area contributed by atoms with Crippen LogP contribution in [0.3, 0.4) is 0 Å². The third kappa shape index (κ3) is 3.18. The molecule has 3 heteroatoms. The zero-order valence-corrected chi connectivity index (χ0v) is 7.21. The summed E-state index contributed by atoms with van der Waals surface area (Å²) in [7, 11) is 2.06. The molecule has 11 heavy (non-hydrogen) atoms. The van der Waals surface area contributed by atoms with Crippen molar-refractivity contribution >= 4 is 0 Å². The Balaban J connectivity index is 2.08. The number of hydrogen-bond donors (Lipinski definition) is 2. The molecule has 3 nitrogen and oxygen atoms in total. The molecule has 1 saturated heterocycles. The van der Waals surface area contributed by atoms with Crippen molar-refractivity contribution in [3.63, 3.8) is 0 Å². The first-order valence-electron chi connectivity index (χ1n) is 4.33. The number of likely N-dealkylation sites (N-methyl/N-ethyl adjacent to an activating group) is 1. The van der Waals surface area contributed by atoms with Gasteiger partial charge in [-0.15, -0.1) is 0 Å². The highest BCUT2D eigenvalue weighted by molar-refractivity contribution is 4.73. The van der Waals surface area contributed by atoms with Gasteiger partial charge in [-0.1, -0.05) is 0 Å². The minimum atomic E-state index is 0.274. The van der Waals surface area contributed by atoms with Crippen molar-refractivity contribution in [2.24, 2.45) is 5.92 Å². The third-order valence-electron chi connectivity index (χ3n) is 2.21. The average Bonchev–Trinajstić information content (AvgIpc) is 2.40. The fourth-order valence-corrected chi connectivity index (χ4v) is 1.57. The van der Waals surface area contributed by atoms with Crippen molar-refractivity contribution in [2.75, 3.05) is 39.8 Å². The summed E-state index contributed by atoms with van der Waals surface area (Å²) >= 11 is 0. The molecule has 0 aromatic heterocycles. The molecule has 0 bridgehead atoms. The summed E-state index contributed by atoms with van der Waals surface area (Å²) in [5.74, 6) is 0.798. The van der Waals surface area contributed by atoms with E-state index in [1.807, 2.05) is 0 Å². The molecule has 1 heterocycles. The molecule has 2 N–H and O–H groups in total. The monoisotopic (exact) mass is 158 g/mol. The van der Waals surface area contributed by atoms with Gasteiger partial charge in [0.25, 0.3) is 0 Å². The van der Waals surface area contributed by atoms with E-state index in [9.17, 15) is 0 Å². The minimum Gasteiger partial charge on any atom is -0.395 e. The second kappa shape index (κ2) is 4.70. The highest BCUT2D eigenvalue weighted by Crippen LogP contribution is 2.07. The van der Waals surface area contributed by atoms with Gasteiger partial charge in [0.2, 0.25) is 0 Å². The molecule has 66 valence electrons. The molecular formula is C8H18N2O. The first-order chi connectivity index (χ1) is 5.33. The Bertz CT molecular complexity index is 102. The number of hydrogen-bond acceptors (Lipinski definition) is 3. The van der Waals surface area contributed by atoms with Crippen LogP contribution in [0.1, 0.15) is 6.42 Å². The van der Waals surface area contributed by atoms with Crippen molar-refractivity contribution in [2.45, 2.75) is 6.42 Å². The lowest BCUT2D eigenvalue weighted by atomic mass is 10.1. The maximum atomic E-state index is 8.65. The maximum absolute atomic E-state index is 8.65. The molecule has 0 spiro atoms. The summed E-state index contributed by atoms with van der Waals surface area (Å²) in [4.78, 5) is 2.19. The second-order valence-corrected chi connectivity index (χ2v) is 3.34. The molecule has 0 aromatic carbocycles. The van der Waals surface area contributed by atoms with Crippen molar-refractivity contribution in [1.29, 1.82) is 0 Å². The fourth-order valence-electron chi connectivity index (χ4n) is 1.57. The van der Waals surface area contributed by atoms with Gasteiger partial charge < -0.3 is 15.3 Å². The van der Waals surface area contributed by atoms with Crippen LogP contribution < -0.4 is 5.32 Å². The molecule has 1 aliphatic heterocycles. The Morgan fingerprint density at radius 1 is 1.64 bits per heavy atom.